The molecule has 1 heterocycles. The Kier molecular flexibility index (Phi) is 6.94. The summed E-state index contributed by atoms with van der Waals surface area (Å²) in [5, 5.41) is 0. The highest BCUT2D eigenvalue weighted by molar-refractivity contribution is 5.96. The molecule has 1 aliphatic heterocycles. The molecule has 3 rings (SSSR count). The number of ether oxygens (including phenoxy) is 3. The summed E-state index contributed by atoms with van der Waals surface area (Å²) >= 11 is 0. The Morgan fingerprint density at radius 2 is 1.29 bits per heavy atom. The van der Waals surface area contributed by atoms with Crippen LogP contribution in [0.2, 0.25) is 0 Å². The van der Waals surface area contributed by atoms with Crippen LogP contribution < -0.4 is 14.2 Å². The molecule has 2 aromatic rings. The number of benzene rings is 2. The van der Waals surface area contributed by atoms with E-state index in [-0.39, 0.29) is 23.3 Å². The Morgan fingerprint density at radius 3 is 1.77 bits per heavy atom. The zero-order valence-corrected chi connectivity index (χ0v) is 17.6. The lowest BCUT2D eigenvalue weighted by molar-refractivity contribution is -0.0512. The van der Waals surface area contributed by atoms with Gasteiger partial charge in [0.1, 0.15) is 5.75 Å². The van der Waals surface area contributed by atoms with E-state index in [4.69, 9.17) is 9.47 Å². The standard InChI is InChI=1S/C22H24F2N2O5/c1-14-4-5-15(12-18(14)29-2)20(27)25-8-10-26(11-9-25)21(28)16-6-7-17(31-22(23)24)19(13-16)30-3/h4-7,12-13,22H,8-11H2,1-3H3. The third-order valence-corrected chi connectivity index (χ3v) is 5.14. The van der Waals surface area contributed by atoms with E-state index in [1.807, 2.05) is 13.0 Å². The summed E-state index contributed by atoms with van der Waals surface area (Å²) in [7, 11) is 2.87. The number of carbonyl (C=O) groups excluding carboxylic acids is 2. The van der Waals surface area contributed by atoms with Gasteiger partial charge in [-0.1, -0.05) is 6.07 Å². The third kappa shape index (κ3) is 5.04. The number of piperazine rings is 1. The summed E-state index contributed by atoms with van der Waals surface area (Å²) in [4.78, 5) is 28.9. The summed E-state index contributed by atoms with van der Waals surface area (Å²) in [6.07, 6.45) is 0. The lowest BCUT2D eigenvalue weighted by Gasteiger charge is -2.35. The molecule has 0 aromatic heterocycles. The number of alkyl halides is 2. The highest BCUT2D eigenvalue weighted by atomic mass is 19.3. The largest absolute Gasteiger partial charge is 0.496 e. The van der Waals surface area contributed by atoms with Gasteiger partial charge in [0.2, 0.25) is 0 Å². The molecule has 0 radical (unpaired) electrons. The molecule has 1 aliphatic rings. The maximum Gasteiger partial charge on any atom is 0.387 e. The van der Waals surface area contributed by atoms with Gasteiger partial charge in [0, 0.05) is 37.3 Å². The van der Waals surface area contributed by atoms with Crippen molar-refractivity contribution in [2.45, 2.75) is 13.5 Å². The van der Waals surface area contributed by atoms with Crippen molar-refractivity contribution in [2.75, 3.05) is 40.4 Å². The topological polar surface area (TPSA) is 68.3 Å². The molecule has 1 fully saturated rings. The van der Waals surface area contributed by atoms with Gasteiger partial charge in [-0.25, -0.2) is 0 Å². The highest BCUT2D eigenvalue weighted by Gasteiger charge is 2.26. The lowest BCUT2D eigenvalue weighted by Crippen LogP contribution is -2.50. The van der Waals surface area contributed by atoms with Crippen LogP contribution in [-0.2, 0) is 0 Å². The van der Waals surface area contributed by atoms with Crippen molar-refractivity contribution in [3.8, 4) is 17.2 Å². The number of rotatable bonds is 6. The summed E-state index contributed by atoms with van der Waals surface area (Å²) in [6, 6.07) is 9.37. The Morgan fingerprint density at radius 1 is 0.806 bits per heavy atom. The normalized spacial score (nSPS) is 13.9. The van der Waals surface area contributed by atoms with Gasteiger partial charge < -0.3 is 24.0 Å². The summed E-state index contributed by atoms with van der Waals surface area (Å²) in [5.74, 6) is 0.158. The first-order valence-electron chi connectivity index (χ1n) is 9.70. The number of nitrogens with zero attached hydrogens (tertiary/aromatic N) is 2. The highest BCUT2D eigenvalue weighted by Crippen LogP contribution is 2.30. The van der Waals surface area contributed by atoms with Crippen LogP contribution in [0.4, 0.5) is 8.78 Å². The summed E-state index contributed by atoms with van der Waals surface area (Å²) in [5.41, 5.74) is 1.76. The van der Waals surface area contributed by atoms with Gasteiger partial charge in [-0.2, -0.15) is 8.78 Å². The van der Waals surface area contributed by atoms with E-state index in [1.165, 1.54) is 25.3 Å². The Labute approximate surface area is 179 Å². The SMILES string of the molecule is COc1cc(C(=O)N2CCN(C(=O)c3ccc(OC(F)F)c(OC)c3)CC2)ccc1C. The third-order valence-electron chi connectivity index (χ3n) is 5.14. The molecule has 0 spiro atoms. The molecule has 0 N–H and O–H groups in total. The van der Waals surface area contributed by atoms with E-state index >= 15 is 0 Å². The predicted molar refractivity (Wildman–Crippen MR) is 109 cm³/mol. The molecule has 1 saturated heterocycles. The molecule has 0 bridgehead atoms. The minimum atomic E-state index is -2.99. The second-order valence-corrected chi connectivity index (χ2v) is 7.01. The molecule has 0 saturated carbocycles. The number of halogens is 2. The van der Waals surface area contributed by atoms with Crippen molar-refractivity contribution in [1.82, 2.24) is 9.80 Å². The van der Waals surface area contributed by atoms with E-state index in [0.29, 0.717) is 43.1 Å². The fourth-order valence-corrected chi connectivity index (χ4v) is 3.42. The summed E-state index contributed by atoms with van der Waals surface area (Å²) in [6.45, 7) is 0.374. The quantitative estimate of drug-likeness (QED) is 0.699. The van der Waals surface area contributed by atoms with Crippen LogP contribution in [0.25, 0.3) is 0 Å². The van der Waals surface area contributed by atoms with Gasteiger partial charge in [0.25, 0.3) is 11.8 Å². The average molecular weight is 434 g/mol. The van der Waals surface area contributed by atoms with Crippen molar-refractivity contribution < 1.29 is 32.6 Å². The van der Waals surface area contributed by atoms with Gasteiger partial charge in [0.05, 0.1) is 14.2 Å². The van der Waals surface area contributed by atoms with E-state index < -0.39 is 6.61 Å². The van der Waals surface area contributed by atoms with Crippen molar-refractivity contribution in [1.29, 1.82) is 0 Å². The maximum absolute atomic E-state index is 12.8. The Balaban J connectivity index is 1.65. The number of carbonyl (C=O) groups is 2. The first kappa shape index (κ1) is 22.3. The van der Waals surface area contributed by atoms with Crippen LogP contribution in [0.1, 0.15) is 26.3 Å². The second-order valence-electron chi connectivity index (χ2n) is 7.01. The Bertz CT molecular complexity index is 959. The van der Waals surface area contributed by atoms with Crippen LogP contribution in [-0.4, -0.2) is 68.6 Å². The predicted octanol–water partition coefficient (Wildman–Crippen LogP) is 3.21. The smallest absolute Gasteiger partial charge is 0.387 e. The maximum atomic E-state index is 12.8. The molecular weight excluding hydrogens is 410 g/mol. The first-order chi connectivity index (χ1) is 14.8. The second kappa shape index (κ2) is 9.63. The van der Waals surface area contributed by atoms with Gasteiger partial charge in [-0.15, -0.1) is 0 Å². The van der Waals surface area contributed by atoms with Crippen molar-refractivity contribution >= 4 is 11.8 Å². The van der Waals surface area contributed by atoms with Crippen LogP contribution in [0.5, 0.6) is 17.2 Å². The molecule has 2 amide bonds. The van der Waals surface area contributed by atoms with E-state index in [2.05, 4.69) is 4.74 Å². The molecule has 9 heteroatoms. The van der Waals surface area contributed by atoms with Gasteiger partial charge in [0.15, 0.2) is 11.5 Å². The van der Waals surface area contributed by atoms with E-state index in [1.54, 1.807) is 29.0 Å². The van der Waals surface area contributed by atoms with Crippen LogP contribution >= 0.6 is 0 Å². The van der Waals surface area contributed by atoms with Gasteiger partial charge in [-0.05, 0) is 42.8 Å². The molecular formula is C22H24F2N2O5. The number of hydrogen-bond donors (Lipinski definition) is 0. The fourth-order valence-electron chi connectivity index (χ4n) is 3.42. The van der Waals surface area contributed by atoms with Crippen LogP contribution in [0, 0.1) is 6.92 Å². The molecule has 31 heavy (non-hydrogen) atoms. The summed E-state index contributed by atoms with van der Waals surface area (Å²) < 4.78 is 39.7. The van der Waals surface area contributed by atoms with E-state index in [9.17, 15) is 18.4 Å². The Hall–Kier alpha value is -3.36. The zero-order chi connectivity index (χ0) is 22.5. The molecule has 7 nitrogen and oxygen atoms in total. The molecule has 0 atom stereocenters. The average Bonchev–Trinajstić information content (AvgIpc) is 2.78. The van der Waals surface area contributed by atoms with Crippen molar-refractivity contribution in [3.05, 3.63) is 53.1 Å². The zero-order valence-electron chi connectivity index (χ0n) is 17.6. The molecule has 166 valence electrons. The van der Waals surface area contributed by atoms with Gasteiger partial charge >= 0.3 is 6.61 Å². The lowest BCUT2D eigenvalue weighted by atomic mass is 10.1. The van der Waals surface area contributed by atoms with Crippen LogP contribution in [0.15, 0.2) is 36.4 Å². The number of amides is 2. The number of methoxy groups -OCH3 is 2. The number of hydrogen-bond acceptors (Lipinski definition) is 5. The molecule has 2 aromatic carbocycles. The molecule has 0 unspecified atom stereocenters. The number of aryl methyl sites for hydroxylation is 1. The van der Waals surface area contributed by atoms with Gasteiger partial charge in [-0.3, -0.25) is 9.59 Å². The van der Waals surface area contributed by atoms with E-state index in [0.717, 1.165) is 5.56 Å². The molecule has 0 aliphatic carbocycles. The van der Waals surface area contributed by atoms with Crippen molar-refractivity contribution in [3.63, 3.8) is 0 Å². The monoisotopic (exact) mass is 434 g/mol. The minimum absolute atomic E-state index is 0.0493. The minimum Gasteiger partial charge on any atom is -0.496 e. The van der Waals surface area contributed by atoms with Crippen molar-refractivity contribution in [2.24, 2.45) is 0 Å². The van der Waals surface area contributed by atoms with Crippen LogP contribution in [0.3, 0.4) is 0 Å². The fraction of sp³-hybridized carbons (Fsp3) is 0.364. The first-order valence-corrected chi connectivity index (χ1v) is 9.70.